The molecule has 0 spiro atoms. The second-order valence-electron chi connectivity index (χ2n) is 9.11. The molecule has 0 unspecified atom stereocenters. The number of hydrogen-bond acceptors (Lipinski definition) is 8. The Kier molecular flexibility index (Phi) is 8.83. The normalized spacial score (nSPS) is 19.9. The van der Waals surface area contributed by atoms with Gasteiger partial charge in [-0.3, -0.25) is 8.37 Å². The molecular weight excluding hydrogens is 567 g/mol. The minimum absolute atomic E-state index is 0.00488. The van der Waals surface area contributed by atoms with E-state index in [1.807, 2.05) is 31.2 Å². The third-order valence-electron chi connectivity index (χ3n) is 6.47. The van der Waals surface area contributed by atoms with Crippen LogP contribution < -0.4 is 14.8 Å². The van der Waals surface area contributed by atoms with Crippen LogP contribution in [0.3, 0.4) is 0 Å². The molecule has 0 aliphatic carbocycles. The third-order valence-corrected chi connectivity index (χ3v) is 7.67. The van der Waals surface area contributed by atoms with Crippen molar-refractivity contribution < 1.29 is 26.8 Å². The highest BCUT2D eigenvalue weighted by molar-refractivity contribution is 7.75. The van der Waals surface area contributed by atoms with Gasteiger partial charge in [0.05, 0.1) is 29.5 Å². The van der Waals surface area contributed by atoms with Crippen LogP contribution in [0.25, 0.3) is 0 Å². The Morgan fingerprint density at radius 1 is 1.05 bits per heavy atom. The van der Waals surface area contributed by atoms with E-state index < -0.39 is 11.4 Å². The Morgan fingerprint density at radius 3 is 2.44 bits per heavy atom. The van der Waals surface area contributed by atoms with Crippen molar-refractivity contribution in [1.29, 1.82) is 0 Å². The van der Waals surface area contributed by atoms with Crippen LogP contribution in [0.4, 0.5) is 10.5 Å². The van der Waals surface area contributed by atoms with E-state index in [2.05, 4.69) is 15.3 Å². The lowest BCUT2D eigenvalue weighted by molar-refractivity contribution is 0.110. The molecule has 0 radical (unpaired) electrons. The van der Waals surface area contributed by atoms with Gasteiger partial charge in [-0.05, 0) is 42.8 Å². The lowest BCUT2D eigenvalue weighted by Gasteiger charge is -2.32. The van der Waals surface area contributed by atoms with E-state index in [4.69, 9.17) is 41.0 Å². The molecule has 3 aromatic rings. The number of halogens is 2. The zero-order valence-corrected chi connectivity index (χ0v) is 23.3. The second kappa shape index (κ2) is 12.5. The van der Waals surface area contributed by atoms with Crippen LogP contribution in [0.1, 0.15) is 29.9 Å². The van der Waals surface area contributed by atoms with Crippen molar-refractivity contribution in [3.8, 4) is 17.5 Å². The Morgan fingerprint density at radius 2 is 1.74 bits per heavy atom. The first-order chi connectivity index (χ1) is 18.9. The number of nitrogens with one attached hydrogen (secondary N) is 1. The number of ether oxygens (including phenoxy) is 2. The molecule has 0 saturated carbocycles. The van der Waals surface area contributed by atoms with Crippen molar-refractivity contribution in [2.45, 2.75) is 31.8 Å². The predicted octanol–water partition coefficient (Wildman–Crippen LogP) is 5.67. The number of hydrogen-bond donors (Lipinski definition) is 1. The van der Waals surface area contributed by atoms with Crippen LogP contribution in [0.2, 0.25) is 10.0 Å². The fourth-order valence-electron chi connectivity index (χ4n) is 4.23. The topological polar surface area (TPSA) is 112 Å². The summed E-state index contributed by atoms with van der Waals surface area (Å²) >= 11 is 10.4. The summed E-state index contributed by atoms with van der Waals surface area (Å²) in [5.74, 6) is 1.44. The van der Waals surface area contributed by atoms with Crippen LogP contribution in [0, 0.1) is 6.92 Å². The van der Waals surface area contributed by atoms with Crippen molar-refractivity contribution in [2.24, 2.45) is 0 Å². The summed E-state index contributed by atoms with van der Waals surface area (Å²) in [5.41, 5.74) is 2.19. The van der Waals surface area contributed by atoms with Gasteiger partial charge in [-0.1, -0.05) is 35.3 Å². The Hall–Kier alpha value is -2.96. The number of benzene rings is 2. The van der Waals surface area contributed by atoms with Crippen molar-refractivity contribution >= 4 is 46.3 Å². The van der Waals surface area contributed by atoms with Crippen molar-refractivity contribution in [3.05, 3.63) is 70.0 Å². The summed E-state index contributed by atoms with van der Waals surface area (Å²) in [7, 11) is 0. The number of carbonyl (C=O) groups excluding carboxylic acids is 1. The van der Waals surface area contributed by atoms with E-state index in [1.54, 1.807) is 23.1 Å². The number of carbonyl (C=O) groups is 1. The molecule has 2 aromatic carbocycles. The largest absolute Gasteiger partial charge is 0.474 e. The van der Waals surface area contributed by atoms with E-state index in [9.17, 15) is 9.00 Å². The summed E-state index contributed by atoms with van der Waals surface area (Å²) in [6.07, 6.45) is 2.58. The van der Waals surface area contributed by atoms with Gasteiger partial charge < -0.3 is 19.7 Å². The fourth-order valence-corrected chi connectivity index (χ4v) is 5.30. The van der Waals surface area contributed by atoms with Crippen LogP contribution >= 0.6 is 23.2 Å². The number of rotatable bonds is 6. The maximum Gasteiger partial charge on any atom is 0.321 e. The minimum Gasteiger partial charge on any atom is -0.474 e. The molecule has 206 valence electrons. The molecule has 2 saturated heterocycles. The number of piperidine rings is 1. The zero-order chi connectivity index (χ0) is 27.4. The fraction of sp³-hybridized carbons (Fsp3) is 0.346. The summed E-state index contributed by atoms with van der Waals surface area (Å²) in [4.78, 5) is 23.0. The Bertz CT molecular complexity index is 1340. The van der Waals surface area contributed by atoms with Gasteiger partial charge in [-0.25, -0.2) is 14.8 Å². The van der Waals surface area contributed by atoms with Crippen LogP contribution in [0.5, 0.6) is 17.5 Å². The van der Waals surface area contributed by atoms with Gasteiger partial charge in [0.25, 0.3) is 0 Å². The van der Waals surface area contributed by atoms with E-state index in [0.717, 1.165) is 5.56 Å². The first-order valence-corrected chi connectivity index (χ1v) is 14.1. The van der Waals surface area contributed by atoms with Gasteiger partial charge >= 0.3 is 17.4 Å². The molecule has 2 aliphatic heterocycles. The molecule has 10 nitrogen and oxygen atoms in total. The highest BCUT2D eigenvalue weighted by Crippen LogP contribution is 2.31. The van der Waals surface area contributed by atoms with Crippen LogP contribution in [-0.4, -0.2) is 57.5 Å². The van der Waals surface area contributed by atoms with Gasteiger partial charge in [-0.15, -0.1) is 0 Å². The maximum atomic E-state index is 12.7. The van der Waals surface area contributed by atoms with Crippen molar-refractivity contribution in [2.75, 3.05) is 31.6 Å². The van der Waals surface area contributed by atoms with E-state index >= 15 is 0 Å². The molecular formula is C26H26Cl2N4O6S. The van der Waals surface area contributed by atoms with E-state index in [-0.39, 0.29) is 18.1 Å². The lowest BCUT2D eigenvalue weighted by atomic mass is 10.0. The summed E-state index contributed by atoms with van der Waals surface area (Å²) in [6, 6.07) is 12.2. The predicted molar refractivity (Wildman–Crippen MR) is 147 cm³/mol. The van der Waals surface area contributed by atoms with E-state index in [0.29, 0.717) is 78.0 Å². The van der Waals surface area contributed by atoms with Crippen molar-refractivity contribution in [1.82, 2.24) is 14.9 Å². The van der Waals surface area contributed by atoms with Crippen molar-refractivity contribution in [3.63, 3.8) is 0 Å². The summed E-state index contributed by atoms with van der Waals surface area (Å²) < 4.78 is 33.5. The molecule has 0 atom stereocenters. The summed E-state index contributed by atoms with van der Waals surface area (Å²) in [5, 5.41) is 3.72. The second-order valence-corrected chi connectivity index (χ2v) is 10.8. The van der Waals surface area contributed by atoms with Gasteiger partial charge in [0.2, 0.25) is 11.8 Å². The van der Waals surface area contributed by atoms with E-state index in [1.165, 1.54) is 6.33 Å². The first-order valence-electron chi connectivity index (χ1n) is 12.3. The molecule has 2 fully saturated rings. The first kappa shape index (κ1) is 27.6. The molecule has 5 rings (SSSR count). The molecule has 0 bridgehead atoms. The highest BCUT2D eigenvalue weighted by atomic mass is 35.5. The number of amides is 2. The Labute approximate surface area is 238 Å². The third kappa shape index (κ3) is 6.98. The molecule has 2 amide bonds. The molecule has 1 N–H and O–H groups in total. The Balaban J connectivity index is 1.14. The number of urea groups is 1. The minimum atomic E-state index is -1.67. The molecule has 39 heavy (non-hydrogen) atoms. The number of aromatic nitrogens is 2. The average Bonchev–Trinajstić information content (AvgIpc) is 2.94. The zero-order valence-electron chi connectivity index (χ0n) is 21.0. The standard InChI is InChI=1S/C26H26Cl2N4O6S/c1-16-24(37-20-5-2-17(3-6-20)18-13-35-39(34)36-14-18)29-15-30-25(16)38-21-8-10-32(11-9-21)26(33)31-23-7-4-19(27)12-22(23)28/h2-7,12,15,18,21H,8-11,13-14H2,1H3,(H,31,33). The highest BCUT2D eigenvalue weighted by Gasteiger charge is 2.26. The average molecular weight is 593 g/mol. The maximum absolute atomic E-state index is 12.7. The molecule has 3 heterocycles. The number of anilines is 1. The number of nitrogens with zero attached hydrogens (tertiary/aromatic N) is 3. The summed E-state index contributed by atoms with van der Waals surface area (Å²) in [6.45, 7) is 3.55. The lowest BCUT2D eigenvalue weighted by Crippen LogP contribution is -2.43. The molecule has 2 aliphatic rings. The number of likely N-dealkylation sites (tertiary alicyclic amines) is 1. The van der Waals surface area contributed by atoms with Gasteiger partial charge in [-0.2, -0.15) is 4.21 Å². The van der Waals surface area contributed by atoms with Crippen LogP contribution in [-0.2, 0) is 19.7 Å². The van der Waals surface area contributed by atoms with Crippen LogP contribution in [0.15, 0.2) is 48.8 Å². The molecule has 13 heteroatoms. The smallest absolute Gasteiger partial charge is 0.321 e. The monoisotopic (exact) mass is 592 g/mol. The van der Waals surface area contributed by atoms with Gasteiger partial charge in [0.1, 0.15) is 18.2 Å². The van der Waals surface area contributed by atoms with Gasteiger partial charge in [0, 0.05) is 36.9 Å². The molecule has 1 aromatic heterocycles. The quantitative estimate of drug-likeness (QED) is 0.389. The SMILES string of the molecule is Cc1c(Oc2ccc(C3COS(=O)OC3)cc2)ncnc1OC1CCN(C(=O)Nc2ccc(Cl)cc2Cl)CC1. The van der Waals surface area contributed by atoms with Gasteiger partial charge in [0.15, 0.2) is 0 Å².